The first-order valence-corrected chi connectivity index (χ1v) is 10.7. The van der Waals surface area contributed by atoms with Gasteiger partial charge in [0.1, 0.15) is 24.4 Å². The quantitative estimate of drug-likeness (QED) is 0.250. The number of aliphatic hydroxyl groups is 4. The third-order valence-electron chi connectivity index (χ3n) is 4.68. The van der Waals surface area contributed by atoms with Crippen molar-refractivity contribution >= 4 is 15.9 Å². The molecule has 25 heavy (non-hydrogen) atoms. The lowest BCUT2D eigenvalue weighted by Crippen LogP contribution is -2.59. The van der Waals surface area contributed by atoms with E-state index in [-0.39, 0.29) is 0 Å². The van der Waals surface area contributed by atoms with Crippen LogP contribution in [-0.4, -0.2) is 69.7 Å². The normalized spacial score (nSPS) is 29.9. The molecule has 6 nitrogen and oxygen atoms in total. The Morgan fingerprint density at radius 1 is 0.760 bits per heavy atom. The first kappa shape index (κ1) is 23.3. The molecular weight excluding hydrogens is 392 g/mol. The summed E-state index contributed by atoms with van der Waals surface area (Å²) in [7, 11) is 0. The summed E-state index contributed by atoms with van der Waals surface area (Å²) < 4.78 is 10.5. The number of rotatable bonds is 14. The highest BCUT2D eigenvalue weighted by atomic mass is 79.9. The highest BCUT2D eigenvalue weighted by Crippen LogP contribution is 2.22. The van der Waals surface area contributed by atoms with E-state index < -0.39 is 37.3 Å². The maximum atomic E-state index is 10.0. The fourth-order valence-corrected chi connectivity index (χ4v) is 3.49. The Balaban J connectivity index is 2.01. The molecule has 1 heterocycles. The van der Waals surface area contributed by atoms with E-state index >= 15 is 0 Å². The first-order chi connectivity index (χ1) is 12.1. The third-order valence-corrected chi connectivity index (χ3v) is 5.24. The second-order valence-corrected chi connectivity index (χ2v) is 7.58. The van der Waals surface area contributed by atoms with Crippen LogP contribution in [0.4, 0.5) is 0 Å². The van der Waals surface area contributed by atoms with E-state index in [4.69, 9.17) is 14.6 Å². The number of alkyl halides is 1. The van der Waals surface area contributed by atoms with E-state index in [2.05, 4.69) is 15.9 Å². The van der Waals surface area contributed by atoms with Crippen molar-refractivity contribution in [3.05, 3.63) is 0 Å². The van der Waals surface area contributed by atoms with Gasteiger partial charge in [-0.2, -0.15) is 0 Å². The van der Waals surface area contributed by atoms with Crippen molar-refractivity contribution in [3.63, 3.8) is 0 Å². The Labute approximate surface area is 159 Å². The van der Waals surface area contributed by atoms with Crippen LogP contribution < -0.4 is 0 Å². The van der Waals surface area contributed by atoms with Crippen molar-refractivity contribution in [2.45, 2.75) is 94.9 Å². The molecule has 0 bridgehead atoms. The van der Waals surface area contributed by atoms with Gasteiger partial charge in [-0.3, -0.25) is 0 Å². The van der Waals surface area contributed by atoms with Crippen molar-refractivity contribution in [1.82, 2.24) is 0 Å². The van der Waals surface area contributed by atoms with Gasteiger partial charge < -0.3 is 29.9 Å². The molecule has 1 fully saturated rings. The highest BCUT2D eigenvalue weighted by molar-refractivity contribution is 9.09. The van der Waals surface area contributed by atoms with Crippen LogP contribution in [-0.2, 0) is 9.47 Å². The monoisotopic (exact) mass is 426 g/mol. The predicted molar refractivity (Wildman–Crippen MR) is 99.7 cm³/mol. The summed E-state index contributed by atoms with van der Waals surface area (Å²) in [4.78, 5) is 0. The van der Waals surface area contributed by atoms with Gasteiger partial charge in [0.2, 0.25) is 0 Å². The summed E-state index contributed by atoms with van der Waals surface area (Å²) in [6.07, 6.45) is 6.35. The Morgan fingerprint density at radius 3 is 1.80 bits per heavy atom. The van der Waals surface area contributed by atoms with E-state index in [1.54, 1.807) is 0 Å². The molecule has 1 saturated heterocycles. The van der Waals surface area contributed by atoms with Gasteiger partial charge in [-0.25, -0.2) is 0 Å². The third kappa shape index (κ3) is 9.13. The molecule has 0 aliphatic carbocycles. The van der Waals surface area contributed by atoms with Crippen molar-refractivity contribution in [2.24, 2.45) is 0 Å². The molecule has 1 rings (SSSR count). The summed E-state index contributed by atoms with van der Waals surface area (Å²) in [5.41, 5.74) is 0. The second kappa shape index (κ2) is 14.3. The zero-order chi connectivity index (χ0) is 18.5. The number of hydrogen-bond donors (Lipinski definition) is 4. The largest absolute Gasteiger partial charge is 0.394 e. The Bertz CT molecular complexity index is 320. The van der Waals surface area contributed by atoms with Crippen molar-refractivity contribution in [1.29, 1.82) is 0 Å². The summed E-state index contributed by atoms with van der Waals surface area (Å²) in [5, 5.41) is 39.7. The van der Waals surface area contributed by atoms with Gasteiger partial charge in [-0.1, -0.05) is 67.3 Å². The molecule has 0 aromatic heterocycles. The van der Waals surface area contributed by atoms with Gasteiger partial charge in [0.15, 0.2) is 6.29 Å². The number of hydrogen-bond acceptors (Lipinski definition) is 6. The van der Waals surface area contributed by atoms with E-state index in [1.165, 1.54) is 44.9 Å². The molecule has 0 spiro atoms. The molecule has 0 aromatic rings. The van der Waals surface area contributed by atoms with E-state index in [9.17, 15) is 15.3 Å². The van der Waals surface area contributed by atoms with Gasteiger partial charge >= 0.3 is 0 Å². The molecule has 7 heteroatoms. The molecule has 0 saturated carbocycles. The Hall–Kier alpha value is 0.240. The van der Waals surface area contributed by atoms with Gasteiger partial charge in [0, 0.05) is 11.9 Å². The number of ether oxygens (including phenoxy) is 2. The minimum absolute atomic E-state index is 0.413. The van der Waals surface area contributed by atoms with Crippen molar-refractivity contribution < 1.29 is 29.9 Å². The standard InChI is InChI=1S/C18H35BrO6/c19-11-9-7-5-3-1-2-4-6-8-10-12-24-17-15(21)14(13-20)25-18(23)16(17)22/h14-18,20-23H,1-13H2/t14-,15-,16-,17+,18?/m1/s1. The van der Waals surface area contributed by atoms with Crippen LogP contribution in [0.3, 0.4) is 0 Å². The maximum absolute atomic E-state index is 10.0. The lowest BCUT2D eigenvalue weighted by Gasteiger charge is -2.39. The number of halogens is 1. The van der Waals surface area contributed by atoms with Crippen LogP contribution in [0.25, 0.3) is 0 Å². The average molecular weight is 427 g/mol. The smallest absolute Gasteiger partial charge is 0.184 e. The zero-order valence-electron chi connectivity index (χ0n) is 15.1. The molecule has 0 amide bonds. The fraction of sp³-hybridized carbons (Fsp3) is 1.00. The molecule has 1 aliphatic rings. The summed E-state index contributed by atoms with van der Waals surface area (Å²) in [6, 6.07) is 0. The Morgan fingerprint density at radius 2 is 1.28 bits per heavy atom. The second-order valence-electron chi connectivity index (χ2n) is 6.79. The lowest BCUT2D eigenvalue weighted by atomic mass is 9.99. The van der Waals surface area contributed by atoms with Crippen LogP contribution in [0.15, 0.2) is 0 Å². The molecule has 5 atom stereocenters. The topological polar surface area (TPSA) is 99.4 Å². The van der Waals surface area contributed by atoms with Gasteiger partial charge in [-0.15, -0.1) is 0 Å². The summed E-state index contributed by atoms with van der Waals surface area (Å²) in [6.45, 7) is -0.0167. The Kier molecular flexibility index (Phi) is 13.3. The van der Waals surface area contributed by atoms with E-state index in [1.807, 2.05) is 0 Å². The summed E-state index contributed by atoms with van der Waals surface area (Å²) >= 11 is 3.45. The minimum atomic E-state index is -1.44. The van der Waals surface area contributed by atoms with Gasteiger partial charge in [0.05, 0.1) is 6.61 Å². The van der Waals surface area contributed by atoms with Gasteiger partial charge in [-0.05, 0) is 12.8 Å². The van der Waals surface area contributed by atoms with Crippen LogP contribution >= 0.6 is 15.9 Å². The molecule has 150 valence electrons. The SMILES string of the molecule is OC[C@H]1OC(O)[C@H](O)[C@@H](OCCCCCCCCCCCCBr)[C@@H]1O. The lowest BCUT2D eigenvalue weighted by molar-refractivity contribution is -0.294. The van der Waals surface area contributed by atoms with Crippen molar-refractivity contribution in [3.8, 4) is 0 Å². The van der Waals surface area contributed by atoms with Crippen LogP contribution in [0.1, 0.15) is 64.2 Å². The molecule has 1 aliphatic heterocycles. The summed E-state index contributed by atoms with van der Waals surface area (Å²) in [5.74, 6) is 0. The minimum Gasteiger partial charge on any atom is -0.394 e. The number of unbranched alkanes of at least 4 members (excludes halogenated alkanes) is 9. The molecule has 0 aromatic carbocycles. The molecule has 0 radical (unpaired) electrons. The van der Waals surface area contributed by atoms with E-state index in [0.29, 0.717) is 6.61 Å². The zero-order valence-corrected chi connectivity index (χ0v) is 16.6. The maximum Gasteiger partial charge on any atom is 0.184 e. The van der Waals surface area contributed by atoms with Crippen molar-refractivity contribution in [2.75, 3.05) is 18.5 Å². The predicted octanol–water partition coefficient (Wildman–Crippen LogP) is 2.10. The van der Waals surface area contributed by atoms with E-state index in [0.717, 1.165) is 24.6 Å². The average Bonchev–Trinajstić information content (AvgIpc) is 2.61. The number of aliphatic hydroxyl groups excluding tert-OH is 4. The van der Waals surface area contributed by atoms with Crippen LogP contribution in [0.5, 0.6) is 0 Å². The molecule has 4 N–H and O–H groups in total. The fourth-order valence-electron chi connectivity index (χ4n) is 3.09. The van der Waals surface area contributed by atoms with Crippen LogP contribution in [0.2, 0.25) is 0 Å². The van der Waals surface area contributed by atoms with Gasteiger partial charge in [0.25, 0.3) is 0 Å². The highest BCUT2D eigenvalue weighted by Gasteiger charge is 2.44. The molecule has 1 unspecified atom stereocenters. The first-order valence-electron chi connectivity index (χ1n) is 9.60. The van der Waals surface area contributed by atoms with Crippen LogP contribution in [0, 0.1) is 0 Å². The molecular formula is C18H35BrO6.